The molecule has 0 bridgehead atoms. The van der Waals surface area contributed by atoms with Gasteiger partial charge in [-0.1, -0.05) is 33.6 Å². The van der Waals surface area contributed by atoms with Gasteiger partial charge in [-0.25, -0.2) is 0 Å². The molecule has 0 saturated carbocycles. The van der Waals surface area contributed by atoms with E-state index in [2.05, 4.69) is 31.0 Å². The SMILES string of the molecule is CCN1CCCCC1CCC1(C(C)C)CCCCN1. The van der Waals surface area contributed by atoms with Gasteiger partial charge < -0.3 is 10.2 Å². The molecule has 0 amide bonds. The van der Waals surface area contributed by atoms with Crippen LogP contribution in [0.2, 0.25) is 0 Å². The van der Waals surface area contributed by atoms with Crippen LogP contribution in [0.1, 0.15) is 72.1 Å². The number of rotatable bonds is 5. The summed E-state index contributed by atoms with van der Waals surface area (Å²) in [6.07, 6.45) is 11.3. The van der Waals surface area contributed by atoms with Gasteiger partial charge in [-0.2, -0.15) is 0 Å². The molecule has 19 heavy (non-hydrogen) atoms. The summed E-state index contributed by atoms with van der Waals surface area (Å²) in [5.74, 6) is 0.770. The lowest BCUT2D eigenvalue weighted by molar-refractivity contribution is 0.110. The van der Waals surface area contributed by atoms with Crippen molar-refractivity contribution in [3.63, 3.8) is 0 Å². The standard InChI is InChI=1S/C17H34N2/c1-4-19-14-8-5-9-16(19)10-12-17(15(2)3)11-6-7-13-18-17/h15-16,18H,4-14H2,1-3H3. The lowest BCUT2D eigenvalue weighted by atomic mass is 9.75. The van der Waals surface area contributed by atoms with Gasteiger partial charge in [0.25, 0.3) is 0 Å². The fraction of sp³-hybridized carbons (Fsp3) is 1.00. The van der Waals surface area contributed by atoms with Gasteiger partial charge in [-0.05, 0) is 64.1 Å². The summed E-state index contributed by atoms with van der Waals surface area (Å²) in [7, 11) is 0. The molecule has 2 heterocycles. The molecular weight excluding hydrogens is 232 g/mol. The zero-order chi connectivity index (χ0) is 13.7. The van der Waals surface area contributed by atoms with Gasteiger partial charge in [-0.3, -0.25) is 0 Å². The second kappa shape index (κ2) is 7.08. The van der Waals surface area contributed by atoms with Crippen molar-refractivity contribution in [1.82, 2.24) is 10.2 Å². The van der Waals surface area contributed by atoms with Crippen LogP contribution in [0.25, 0.3) is 0 Å². The van der Waals surface area contributed by atoms with E-state index in [1.165, 1.54) is 71.0 Å². The molecule has 0 aromatic carbocycles. The highest BCUT2D eigenvalue weighted by Gasteiger charge is 2.35. The van der Waals surface area contributed by atoms with E-state index >= 15 is 0 Å². The van der Waals surface area contributed by atoms with Crippen molar-refractivity contribution >= 4 is 0 Å². The number of piperidine rings is 2. The summed E-state index contributed by atoms with van der Waals surface area (Å²) < 4.78 is 0. The first-order chi connectivity index (χ1) is 9.18. The molecular formula is C17H34N2. The summed E-state index contributed by atoms with van der Waals surface area (Å²) in [5.41, 5.74) is 0.440. The van der Waals surface area contributed by atoms with Gasteiger partial charge in [0.2, 0.25) is 0 Å². The average molecular weight is 266 g/mol. The molecule has 0 aromatic rings. The van der Waals surface area contributed by atoms with Crippen molar-refractivity contribution in [2.75, 3.05) is 19.6 Å². The Bertz CT molecular complexity index is 256. The van der Waals surface area contributed by atoms with Gasteiger partial charge in [0.05, 0.1) is 0 Å². The Kier molecular flexibility index (Phi) is 5.70. The Balaban J connectivity index is 1.90. The smallest absolute Gasteiger partial charge is 0.0205 e. The van der Waals surface area contributed by atoms with E-state index in [1.54, 1.807) is 0 Å². The summed E-state index contributed by atoms with van der Waals surface area (Å²) in [5, 5.41) is 3.89. The topological polar surface area (TPSA) is 15.3 Å². The molecule has 0 aromatic heterocycles. The van der Waals surface area contributed by atoms with Gasteiger partial charge in [0, 0.05) is 11.6 Å². The van der Waals surface area contributed by atoms with Crippen LogP contribution in [0.3, 0.4) is 0 Å². The predicted octanol–water partition coefficient (Wildman–Crippen LogP) is 3.81. The highest BCUT2D eigenvalue weighted by molar-refractivity contribution is 4.94. The fourth-order valence-electron chi connectivity index (χ4n) is 4.21. The molecule has 2 fully saturated rings. The maximum absolute atomic E-state index is 3.89. The minimum Gasteiger partial charge on any atom is -0.311 e. The van der Waals surface area contributed by atoms with Gasteiger partial charge in [0.15, 0.2) is 0 Å². The normalized spacial score (nSPS) is 33.8. The van der Waals surface area contributed by atoms with Crippen LogP contribution in [-0.4, -0.2) is 36.1 Å². The highest BCUT2D eigenvalue weighted by Crippen LogP contribution is 2.33. The molecule has 0 radical (unpaired) electrons. The number of hydrogen-bond donors (Lipinski definition) is 1. The van der Waals surface area contributed by atoms with Crippen LogP contribution in [0.5, 0.6) is 0 Å². The summed E-state index contributed by atoms with van der Waals surface area (Å²) in [6, 6.07) is 0.859. The van der Waals surface area contributed by atoms with Gasteiger partial charge in [0.1, 0.15) is 0 Å². The Morgan fingerprint density at radius 3 is 2.68 bits per heavy atom. The molecule has 0 spiro atoms. The third-order valence-corrected chi connectivity index (χ3v) is 5.71. The monoisotopic (exact) mass is 266 g/mol. The summed E-state index contributed by atoms with van der Waals surface area (Å²) in [4.78, 5) is 2.72. The minimum absolute atomic E-state index is 0.440. The maximum Gasteiger partial charge on any atom is 0.0205 e. The number of likely N-dealkylation sites (tertiary alicyclic amines) is 1. The van der Waals surface area contributed by atoms with Crippen molar-refractivity contribution in [2.45, 2.75) is 83.7 Å². The van der Waals surface area contributed by atoms with E-state index in [4.69, 9.17) is 0 Å². The summed E-state index contributed by atoms with van der Waals surface area (Å²) in [6.45, 7) is 11.0. The van der Waals surface area contributed by atoms with Crippen LogP contribution in [-0.2, 0) is 0 Å². The largest absolute Gasteiger partial charge is 0.311 e. The van der Waals surface area contributed by atoms with Gasteiger partial charge >= 0.3 is 0 Å². The lowest BCUT2D eigenvalue weighted by Crippen LogP contribution is -2.53. The molecule has 2 unspecified atom stereocenters. The average Bonchev–Trinajstić information content (AvgIpc) is 2.46. The van der Waals surface area contributed by atoms with Crippen molar-refractivity contribution in [3.8, 4) is 0 Å². The Morgan fingerprint density at radius 1 is 1.21 bits per heavy atom. The van der Waals surface area contributed by atoms with Crippen molar-refractivity contribution < 1.29 is 0 Å². The van der Waals surface area contributed by atoms with E-state index in [1.807, 2.05) is 0 Å². The quantitative estimate of drug-likeness (QED) is 0.814. The Hall–Kier alpha value is -0.0800. The van der Waals surface area contributed by atoms with E-state index in [-0.39, 0.29) is 0 Å². The number of hydrogen-bond acceptors (Lipinski definition) is 2. The number of nitrogens with one attached hydrogen (secondary N) is 1. The first-order valence-corrected chi connectivity index (χ1v) is 8.67. The van der Waals surface area contributed by atoms with Crippen LogP contribution in [0.15, 0.2) is 0 Å². The van der Waals surface area contributed by atoms with Crippen LogP contribution >= 0.6 is 0 Å². The fourth-order valence-corrected chi connectivity index (χ4v) is 4.21. The van der Waals surface area contributed by atoms with E-state index in [0.29, 0.717) is 5.54 Å². The lowest BCUT2D eigenvalue weighted by Gasteiger charge is -2.44. The zero-order valence-electron chi connectivity index (χ0n) is 13.4. The first-order valence-electron chi connectivity index (χ1n) is 8.67. The predicted molar refractivity (Wildman–Crippen MR) is 83.5 cm³/mol. The molecule has 0 aliphatic carbocycles. The van der Waals surface area contributed by atoms with Crippen molar-refractivity contribution in [1.29, 1.82) is 0 Å². The highest BCUT2D eigenvalue weighted by atomic mass is 15.2. The molecule has 2 aliphatic heterocycles. The third kappa shape index (κ3) is 3.72. The zero-order valence-corrected chi connectivity index (χ0v) is 13.4. The van der Waals surface area contributed by atoms with Crippen molar-refractivity contribution in [3.05, 3.63) is 0 Å². The Morgan fingerprint density at radius 2 is 2.05 bits per heavy atom. The molecule has 2 nitrogen and oxygen atoms in total. The molecule has 2 atom stereocenters. The van der Waals surface area contributed by atoms with E-state index < -0.39 is 0 Å². The van der Waals surface area contributed by atoms with E-state index in [0.717, 1.165) is 12.0 Å². The second-order valence-corrected chi connectivity index (χ2v) is 7.01. The van der Waals surface area contributed by atoms with Crippen molar-refractivity contribution in [2.24, 2.45) is 5.92 Å². The van der Waals surface area contributed by atoms with E-state index in [9.17, 15) is 0 Å². The molecule has 1 N–H and O–H groups in total. The maximum atomic E-state index is 3.89. The first kappa shape index (κ1) is 15.3. The molecule has 112 valence electrons. The van der Waals surface area contributed by atoms with Crippen LogP contribution in [0, 0.1) is 5.92 Å². The molecule has 2 saturated heterocycles. The van der Waals surface area contributed by atoms with Crippen LogP contribution in [0.4, 0.5) is 0 Å². The summed E-state index contributed by atoms with van der Waals surface area (Å²) >= 11 is 0. The van der Waals surface area contributed by atoms with Gasteiger partial charge in [-0.15, -0.1) is 0 Å². The third-order valence-electron chi connectivity index (χ3n) is 5.71. The second-order valence-electron chi connectivity index (χ2n) is 7.01. The Labute approximate surface area is 120 Å². The minimum atomic E-state index is 0.440. The van der Waals surface area contributed by atoms with Crippen LogP contribution < -0.4 is 5.32 Å². The number of nitrogens with zero attached hydrogens (tertiary/aromatic N) is 1. The molecule has 2 heteroatoms. The molecule has 2 rings (SSSR count). The molecule has 2 aliphatic rings.